The predicted molar refractivity (Wildman–Crippen MR) is 87.3 cm³/mol. The van der Waals surface area contributed by atoms with Crippen LogP contribution in [-0.4, -0.2) is 44.2 Å². The predicted octanol–water partition coefficient (Wildman–Crippen LogP) is 1.61. The molecule has 0 radical (unpaired) electrons. The van der Waals surface area contributed by atoms with Gasteiger partial charge in [0.2, 0.25) is 5.89 Å². The van der Waals surface area contributed by atoms with E-state index in [0.717, 1.165) is 62.6 Å². The van der Waals surface area contributed by atoms with E-state index in [4.69, 9.17) is 10.3 Å². The third kappa shape index (κ3) is 4.00. The standard InChI is InChI=1S/C16H24N6O2/c1-2-3-6-15-18-14(21-24-15)10-22-7-4-5-11(9-22)12-8-13(16(17)23)20-19-12/h8,11H,2-7,9-10H2,1H3,(H2,17,23)(H,19,20)/t11-/m0/s1. The van der Waals surface area contributed by atoms with Crippen LogP contribution in [0.5, 0.6) is 0 Å². The van der Waals surface area contributed by atoms with Crippen molar-refractivity contribution in [3.63, 3.8) is 0 Å². The van der Waals surface area contributed by atoms with Gasteiger partial charge in [0.25, 0.3) is 5.91 Å². The molecule has 0 aliphatic carbocycles. The number of aromatic nitrogens is 4. The van der Waals surface area contributed by atoms with Gasteiger partial charge in [0.15, 0.2) is 5.82 Å². The maximum Gasteiger partial charge on any atom is 0.269 e. The number of primary amides is 1. The van der Waals surface area contributed by atoms with Crippen LogP contribution in [0.2, 0.25) is 0 Å². The minimum Gasteiger partial charge on any atom is -0.364 e. The van der Waals surface area contributed by atoms with Gasteiger partial charge < -0.3 is 10.3 Å². The molecule has 1 aliphatic heterocycles. The first-order valence-corrected chi connectivity index (χ1v) is 8.54. The molecule has 0 bridgehead atoms. The molecule has 3 N–H and O–H groups in total. The summed E-state index contributed by atoms with van der Waals surface area (Å²) in [4.78, 5) is 18.0. The number of hydrogen-bond acceptors (Lipinski definition) is 6. The summed E-state index contributed by atoms with van der Waals surface area (Å²) in [6, 6.07) is 1.76. The van der Waals surface area contributed by atoms with Gasteiger partial charge in [-0.15, -0.1) is 0 Å². The van der Waals surface area contributed by atoms with Crippen molar-refractivity contribution >= 4 is 5.91 Å². The number of aryl methyl sites for hydroxylation is 1. The van der Waals surface area contributed by atoms with E-state index in [1.165, 1.54) is 0 Å². The number of rotatable bonds is 7. The van der Waals surface area contributed by atoms with Crippen molar-refractivity contribution in [2.75, 3.05) is 13.1 Å². The normalized spacial score (nSPS) is 18.8. The summed E-state index contributed by atoms with van der Waals surface area (Å²) < 4.78 is 5.29. The van der Waals surface area contributed by atoms with Crippen LogP contribution in [0.25, 0.3) is 0 Å². The Kier molecular flexibility index (Phi) is 5.24. The molecule has 0 unspecified atom stereocenters. The van der Waals surface area contributed by atoms with E-state index in [9.17, 15) is 4.79 Å². The molecular weight excluding hydrogens is 308 g/mol. The summed E-state index contributed by atoms with van der Waals surface area (Å²) >= 11 is 0. The molecular formula is C16H24N6O2. The number of H-pyrrole nitrogens is 1. The number of likely N-dealkylation sites (tertiary alicyclic amines) is 1. The van der Waals surface area contributed by atoms with Crippen LogP contribution in [0.3, 0.4) is 0 Å². The third-order valence-electron chi connectivity index (χ3n) is 4.41. The molecule has 0 saturated carbocycles. The zero-order chi connectivity index (χ0) is 16.9. The molecule has 24 heavy (non-hydrogen) atoms. The number of nitrogens with one attached hydrogen (secondary N) is 1. The Bertz CT molecular complexity index is 680. The van der Waals surface area contributed by atoms with E-state index >= 15 is 0 Å². The number of unbranched alkanes of at least 4 members (excludes halogenated alkanes) is 1. The molecule has 1 aliphatic rings. The molecule has 1 fully saturated rings. The maximum atomic E-state index is 11.2. The molecule has 8 heteroatoms. The van der Waals surface area contributed by atoms with Crippen molar-refractivity contribution in [3.05, 3.63) is 29.2 Å². The monoisotopic (exact) mass is 332 g/mol. The molecule has 3 heterocycles. The molecule has 130 valence electrons. The lowest BCUT2D eigenvalue weighted by Crippen LogP contribution is -2.34. The largest absolute Gasteiger partial charge is 0.364 e. The summed E-state index contributed by atoms with van der Waals surface area (Å²) in [6.07, 6.45) is 5.16. The summed E-state index contributed by atoms with van der Waals surface area (Å²) in [5, 5.41) is 11.0. The number of hydrogen-bond donors (Lipinski definition) is 2. The highest BCUT2D eigenvalue weighted by atomic mass is 16.5. The number of nitrogens with zero attached hydrogens (tertiary/aromatic N) is 4. The quantitative estimate of drug-likeness (QED) is 0.796. The summed E-state index contributed by atoms with van der Waals surface area (Å²) in [7, 11) is 0. The van der Waals surface area contributed by atoms with Crippen molar-refractivity contribution in [3.8, 4) is 0 Å². The Balaban J connectivity index is 1.58. The smallest absolute Gasteiger partial charge is 0.269 e. The van der Waals surface area contributed by atoms with Gasteiger partial charge in [-0.3, -0.25) is 14.8 Å². The van der Waals surface area contributed by atoms with E-state index < -0.39 is 5.91 Å². The second kappa shape index (κ2) is 7.57. The van der Waals surface area contributed by atoms with Crippen LogP contribution in [0, 0.1) is 0 Å². The molecule has 0 aromatic carbocycles. The van der Waals surface area contributed by atoms with E-state index in [2.05, 4.69) is 32.2 Å². The summed E-state index contributed by atoms with van der Waals surface area (Å²) in [6.45, 7) is 4.71. The van der Waals surface area contributed by atoms with Gasteiger partial charge in [-0.25, -0.2) is 0 Å². The third-order valence-corrected chi connectivity index (χ3v) is 4.41. The van der Waals surface area contributed by atoms with Gasteiger partial charge in [-0.05, 0) is 31.9 Å². The van der Waals surface area contributed by atoms with Crippen molar-refractivity contribution in [1.82, 2.24) is 25.2 Å². The highest BCUT2D eigenvalue weighted by molar-refractivity contribution is 5.90. The molecule has 0 spiro atoms. The van der Waals surface area contributed by atoms with E-state index in [1.807, 2.05) is 0 Å². The first-order valence-electron chi connectivity index (χ1n) is 8.54. The molecule has 1 saturated heterocycles. The average Bonchev–Trinajstić information content (AvgIpc) is 3.23. The molecule has 1 atom stereocenters. The fourth-order valence-electron chi connectivity index (χ4n) is 3.11. The van der Waals surface area contributed by atoms with Crippen LogP contribution in [0.4, 0.5) is 0 Å². The first kappa shape index (κ1) is 16.6. The Morgan fingerprint density at radius 2 is 2.42 bits per heavy atom. The lowest BCUT2D eigenvalue weighted by molar-refractivity contribution is 0.0995. The Labute approximate surface area is 140 Å². The van der Waals surface area contributed by atoms with Crippen LogP contribution in [0.15, 0.2) is 10.6 Å². The number of carbonyl (C=O) groups is 1. The van der Waals surface area contributed by atoms with Gasteiger partial charge >= 0.3 is 0 Å². The van der Waals surface area contributed by atoms with Crippen molar-refractivity contribution in [2.24, 2.45) is 5.73 Å². The van der Waals surface area contributed by atoms with Gasteiger partial charge in [0.1, 0.15) is 5.69 Å². The van der Waals surface area contributed by atoms with E-state index in [0.29, 0.717) is 18.2 Å². The topological polar surface area (TPSA) is 114 Å². The molecule has 3 rings (SSSR count). The van der Waals surface area contributed by atoms with Crippen molar-refractivity contribution < 1.29 is 9.32 Å². The Morgan fingerprint density at radius 1 is 1.54 bits per heavy atom. The van der Waals surface area contributed by atoms with E-state index in [1.54, 1.807) is 6.07 Å². The van der Waals surface area contributed by atoms with Crippen LogP contribution >= 0.6 is 0 Å². The minimum absolute atomic E-state index is 0.292. The minimum atomic E-state index is -0.503. The number of amides is 1. The zero-order valence-corrected chi connectivity index (χ0v) is 14.0. The van der Waals surface area contributed by atoms with Crippen LogP contribution in [-0.2, 0) is 13.0 Å². The van der Waals surface area contributed by atoms with Gasteiger partial charge in [-0.1, -0.05) is 18.5 Å². The summed E-state index contributed by atoms with van der Waals surface area (Å²) in [5.74, 6) is 1.27. The first-order chi connectivity index (χ1) is 11.7. The highest BCUT2D eigenvalue weighted by Gasteiger charge is 2.24. The van der Waals surface area contributed by atoms with Crippen LogP contribution < -0.4 is 5.73 Å². The Morgan fingerprint density at radius 3 is 3.17 bits per heavy atom. The fourth-order valence-corrected chi connectivity index (χ4v) is 3.11. The second-order valence-corrected chi connectivity index (χ2v) is 6.35. The van der Waals surface area contributed by atoms with Gasteiger partial charge in [0, 0.05) is 24.6 Å². The highest BCUT2D eigenvalue weighted by Crippen LogP contribution is 2.26. The number of nitrogens with two attached hydrogens (primary N) is 1. The van der Waals surface area contributed by atoms with E-state index in [-0.39, 0.29) is 0 Å². The Hall–Kier alpha value is -2.22. The second-order valence-electron chi connectivity index (χ2n) is 6.35. The lowest BCUT2D eigenvalue weighted by Gasteiger charge is -2.31. The van der Waals surface area contributed by atoms with Crippen molar-refractivity contribution in [2.45, 2.75) is 51.5 Å². The molecule has 8 nitrogen and oxygen atoms in total. The van der Waals surface area contributed by atoms with Gasteiger partial charge in [-0.2, -0.15) is 10.1 Å². The molecule has 2 aromatic rings. The lowest BCUT2D eigenvalue weighted by atomic mass is 9.94. The number of aromatic amines is 1. The zero-order valence-electron chi connectivity index (χ0n) is 14.0. The number of piperidine rings is 1. The molecule has 1 amide bonds. The van der Waals surface area contributed by atoms with Gasteiger partial charge in [0.05, 0.1) is 6.54 Å². The molecule has 2 aromatic heterocycles. The van der Waals surface area contributed by atoms with Crippen molar-refractivity contribution in [1.29, 1.82) is 0 Å². The maximum absolute atomic E-state index is 11.2. The number of carbonyl (C=O) groups excluding carboxylic acids is 1. The SMILES string of the molecule is CCCCc1nc(CN2CCC[C@H](c3cc(C(N)=O)n[nH]3)C2)no1. The fraction of sp³-hybridized carbons (Fsp3) is 0.625. The summed E-state index contributed by atoms with van der Waals surface area (Å²) in [5.41, 5.74) is 6.52. The average molecular weight is 332 g/mol. The van der Waals surface area contributed by atoms with Crippen LogP contribution in [0.1, 0.15) is 66.4 Å².